The van der Waals surface area contributed by atoms with Crippen LogP contribution in [0.25, 0.3) is 0 Å². The van der Waals surface area contributed by atoms with Crippen LogP contribution in [0.1, 0.15) is 5.56 Å². The third-order valence-electron chi connectivity index (χ3n) is 3.01. The van der Waals surface area contributed by atoms with Crippen molar-refractivity contribution in [3.63, 3.8) is 0 Å². The minimum absolute atomic E-state index is 0.133. The second-order valence-electron chi connectivity index (χ2n) is 4.63. The summed E-state index contributed by atoms with van der Waals surface area (Å²) >= 11 is 3.35. The van der Waals surface area contributed by atoms with Crippen LogP contribution in [0.3, 0.4) is 0 Å². The SMILES string of the molecule is COc1ccc(C=NNC(=O)COc2ccccc2Br)cc1OC. The quantitative estimate of drug-likeness (QED) is 0.580. The lowest BCUT2D eigenvalue weighted by Gasteiger charge is -2.07. The van der Waals surface area contributed by atoms with Gasteiger partial charge in [0.1, 0.15) is 5.75 Å². The lowest BCUT2D eigenvalue weighted by molar-refractivity contribution is -0.123. The monoisotopic (exact) mass is 392 g/mol. The van der Waals surface area contributed by atoms with Crippen LogP contribution in [-0.2, 0) is 4.79 Å². The van der Waals surface area contributed by atoms with Gasteiger partial charge in [0.2, 0.25) is 0 Å². The third-order valence-corrected chi connectivity index (χ3v) is 3.66. The number of benzene rings is 2. The molecule has 0 atom stereocenters. The number of methoxy groups -OCH3 is 2. The minimum Gasteiger partial charge on any atom is -0.493 e. The Kier molecular flexibility index (Phi) is 6.62. The van der Waals surface area contributed by atoms with Crippen LogP contribution in [0.15, 0.2) is 52.0 Å². The van der Waals surface area contributed by atoms with Gasteiger partial charge in [0, 0.05) is 0 Å². The van der Waals surface area contributed by atoms with Crippen LogP contribution >= 0.6 is 15.9 Å². The fraction of sp³-hybridized carbons (Fsp3) is 0.176. The first-order valence-electron chi connectivity index (χ1n) is 7.05. The number of nitrogens with zero attached hydrogens (tertiary/aromatic N) is 1. The Morgan fingerprint density at radius 3 is 2.58 bits per heavy atom. The maximum Gasteiger partial charge on any atom is 0.277 e. The van der Waals surface area contributed by atoms with E-state index < -0.39 is 0 Å². The smallest absolute Gasteiger partial charge is 0.277 e. The molecule has 0 bridgehead atoms. The predicted octanol–water partition coefficient (Wildman–Crippen LogP) is 3.00. The summed E-state index contributed by atoms with van der Waals surface area (Å²) in [6, 6.07) is 12.6. The first-order valence-corrected chi connectivity index (χ1v) is 7.84. The van der Waals surface area contributed by atoms with Crippen molar-refractivity contribution in [1.82, 2.24) is 5.43 Å². The van der Waals surface area contributed by atoms with E-state index in [2.05, 4.69) is 26.5 Å². The van der Waals surface area contributed by atoms with Gasteiger partial charge in [-0.25, -0.2) is 5.43 Å². The number of rotatable bonds is 7. The first-order chi connectivity index (χ1) is 11.6. The minimum atomic E-state index is -0.359. The van der Waals surface area contributed by atoms with E-state index in [0.717, 1.165) is 10.0 Å². The molecule has 2 rings (SSSR count). The van der Waals surface area contributed by atoms with Gasteiger partial charge in [-0.3, -0.25) is 4.79 Å². The highest BCUT2D eigenvalue weighted by Crippen LogP contribution is 2.26. The molecule has 2 aromatic carbocycles. The van der Waals surface area contributed by atoms with Crippen molar-refractivity contribution in [2.24, 2.45) is 5.10 Å². The van der Waals surface area contributed by atoms with Crippen molar-refractivity contribution < 1.29 is 19.0 Å². The van der Waals surface area contributed by atoms with E-state index >= 15 is 0 Å². The Morgan fingerprint density at radius 2 is 1.88 bits per heavy atom. The van der Waals surface area contributed by atoms with E-state index in [9.17, 15) is 4.79 Å². The highest BCUT2D eigenvalue weighted by Gasteiger charge is 2.05. The number of para-hydroxylation sites is 1. The molecule has 0 aromatic heterocycles. The molecule has 126 valence electrons. The Morgan fingerprint density at radius 1 is 1.12 bits per heavy atom. The number of carbonyl (C=O) groups is 1. The summed E-state index contributed by atoms with van der Waals surface area (Å²) in [5, 5.41) is 3.89. The maximum absolute atomic E-state index is 11.7. The molecule has 0 aliphatic carbocycles. The van der Waals surface area contributed by atoms with Gasteiger partial charge in [-0.2, -0.15) is 5.10 Å². The third kappa shape index (κ3) is 4.99. The molecular formula is C17H17BrN2O4. The van der Waals surface area contributed by atoms with Gasteiger partial charge in [0.25, 0.3) is 5.91 Å². The Bertz CT molecular complexity index is 734. The van der Waals surface area contributed by atoms with Gasteiger partial charge in [-0.1, -0.05) is 12.1 Å². The average Bonchev–Trinajstić information content (AvgIpc) is 2.61. The Balaban J connectivity index is 1.87. The highest BCUT2D eigenvalue weighted by atomic mass is 79.9. The molecule has 7 heteroatoms. The second kappa shape index (κ2) is 8.93. The number of ether oxygens (including phenoxy) is 3. The van der Waals surface area contributed by atoms with Crippen molar-refractivity contribution >= 4 is 28.1 Å². The van der Waals surface area contributed by atoms with Crippen LogP contribution < -0.4 is 19.6 Å². The molecule has 0 aliphatic heterocycles. The number of hydrogen-bond donors (Lipinski definition) is 1. The van der Waals surface area contributed by atoms with Crippen molar-refractivity contribution in [1.29, 1.82) is 0 Å². The molecule has 0 spiro atoms. The molecule has 0 fully saturated rings. The molecule has 0 saturated heterocycles. The van der Waals surface area contributed by atoms with Crippen LogP contribution in [0.5, 0.6) is 17.2 Å². The van der Waals surface area contributed by atoms with Crippen molar-refractivity contribution in [2.45, 2.75) is 0 Å². The number of halogens is 1. The zero-order valence-electron chi connectivity index (χ0n) is 13.3. The van der Waals surface area contributed by atoms with Crippen molar-refractivity contribution in [3.05, 3.63) is 52.5 Å². The van der Waals surface area contributed by atoms with Crippen LogP contribution in [0.2, 0.25) is 0 Å². The summed E-state index contributed by atoms with van der Waals surface area (Å²) in [6.45, 7) is -0.133. The molecule has 6 nitrogen and oxygen atoms in total. The van der Waals surface area contributed by atoms with Gasteiger partial charge in [0.15, 0.2) is 18.1 Å². The summed E-state index contributed by atoms with van der Waals surface area (Å²) in [4.78, 5) is 11.7. The summed E-state index contributed by atoms with van der Waals surface area (Å²) in [5.74, 6) is 1.45. The van der Waals surface area contributed by atoms with E-state index in [1.54, 1.807) is 38.5 Å². The van der Waals surface area contributed by atoms with Crippen molar-refractivity contribution in [3.8, 4) is 17.2 Å². The number of carbonyl (C=O) groups excluding carboxylic acids is 1. The van der Waals surface area contributed by atoms with E-state index in [1.165, 1.54) is 6.21 Å². The lowest BCUT2D eigenvalue weighted by atomic mass is 10.2. The predicted molar refractivity (Wildman–Crippen MR) is 94.9 cm³/mol. The number of amides is 1. The Hall–Kier alpha value is -2.54. The molecule has 24 heavy (non-hydrogen) atoms. The maximum atomic E-state index is 11.7. The van der Waals surface area contributed by atoms with E-state index in [4.69, 9.17) is 14.2 Å². The van der Waals surface area contributed by atoms with Crippen LogP contribution in [0, 0.1) is 0 Å². The first kappa shape index (κ1) is 17.8. The van der Waals surface area contributed by atoms with E-state index in [1.807, 2.05) is 18.2 Å². The second-order valence-corrected chi connectivity index (χ2v) is 5.48. The van der Waals surface area contributed by atoms with Gasteiger partial charge in [-0.05, 0) is 51.8 Å². The molecule has 1 amide bonds. The number of nitrogens with one attached hydrogen (secondary N) is 1. The largest absolute Gasteiger partial charge is 0.493 e. The van der Waals surface area contributed by atoms with E-state index in [0.29, 0.717) is 17.2 Å². The molecule has 0 heterocycles. The standard InChI is InChI=1S/C17H17BrN2O4/c1-22-15-8-7-12(9-16(15)23-2)10-19-20-17(21)11-24-14-6-4-3-5-13(14)18/h3-10H,11H2,1-2H3,(H,20,21). The molecular weight excluding hydrogens is 376 g/mol. The molecule has 0 unspecified atom stereocenters. The highest BCUT2D eigenvalue weighted by molar-refractivity contribution is 9.10. The Labute approximate surface area is 148 Å². The van der Waals surface area contributed by atoms with Crippen LogP contribution in [-0.4, -0.2) is 32.9 Å². The summed E-state index contributed by atoms with van der Waals surface area (Å²) < 4.78 is 16.5. The van der Waals surface area contributed by atoms with E-state index in [-0.39, 0.29) is 12.5 Å². The molecule has 0 saturated carbocycles. The van der Waals surface area contributed by atoms with Gasteiger partial charge < -0.3 is 14.2 Å². The zero-order chi connectivity index (χ0) is 17.4. The number of hydrogen-bond acceptors (Lipinski definition) is 5. The lowest BCUT2D eigenvalue weighted by Crippen LogP contribution is -2.24. The number of hydrazone groups is 1. The van der Waals surface area contributed by atoms with Crippen molar-refractivity contribution in [2.75, 3.05) is 20.8 Å². The molecule has 2 aromatic rings. The van der Waals surface area contributed by atoms with Gasteiger partial charge in [-0.15, -0.1) is 0 Å². The molecule has 0 radical (unpaired) electrons. The topological polar surface area (TPSA) is 69.2 Å². The van der Waals surface area contributed by atoms with Crippen LogP contribution in [0.4, 0.5) is 0 Å². The average molecular weight is 393 g/mol. The summed E-state index contributed by atoms with van der Waals surface area (Å²) in [7, 11) is 3.12. The summed E-state index contributed by atoms with van der Waals surface area (Å²) in [5.41, 5.74) is 3.17. The summed E-state index contributed by atoms with van der Waals surface area (Å²) in [6.07, 6.45) is 1.51. The molecule has 0 aliphatic rings. The molecule has 1 N–H and O–H groups in total. The zero-order valence-corrected chi connectivity index (χ0v) is 14.9. The fourth-order valence-electron chi connectivity index (χ4n) is 1.85. The fourth-order valence-corrected chi connectivity index (χ4v) is 2.25. The van der Waals surface area contributed by atoms with Gasteiger partial charge in [0.05, 0.1) is 24.9 Å². The van der Waals surface area contributed by atoms with Gasteiger partial charge >= 0.3 is 0 Å². The normalized spacial score (nSPS) is 10.5.